The minimum absolute atomic E-state index is 0.168. The van der Waals surface area contributed by atoms with Gasteiger partial charge in [-0.2, -0.15) is 0 Å². The van der Waals surface area contributed by atoms with Crippen molar-refractivity contribution >= 4 is 17.4 Å². The molecule has 1 aromatic heterocycles. The summed E-state index contributed by atoms with van der Waals surface area (Å²) in [5.41, 5.74) is 0.939. The second-order valence-corrected chi connectivity index (χ2v) is 6.70. The summed E-state index contributed by atoms with van der Waals surface area (Å²) < 4.78 is 14.9. The molecular weight excluding hydrogens is 326 g/mol. The highest BCUT2D eigenvalue weighted by Crippen LogP contribution is 2.30. The third-order valence-electron chi connectivity index (χ3n) is 3.57. The third kappa shape index (κ3) is 4.92. The molecule has 130 valence electrons. The van der Waals surface area contributed by atoms with Gasteiger partial charge in [-0.1, -0.05) is 24.4 Å². The maximum atomic E-state index is 12.1. The predicted molar refractivity (Wildman–Crippen MR) is 93.7 cm³/mol. The molecule has 0 saturated heterocycles. The van der Waals surface area contributed by atoms with Crippen LogP contribution in [0.5, 0.6) is 11.5 Å². The molecule has 1 heterocycles. The first-order chi connectivity index (χ1) is 11.5. The lowest BCUT2D eigenvalue weighted by Crippen LogP contribution is -2.25. The number of carbonyl (C=O) groups excluding carboxylic acids is 1. The summed E-state index contributed by atoms with van der Waals surface area (Å²) in [6.07, 6.45) is 2.44. The van der Waals surface area contributed by atoms with Gasteiger partial charge in [0.1, 0.15) is 4.88 Å². The van der Waals surface area contributed by atoms with Crippen LogP contribution in [0, 0.1) is 5.92 Å². The molecule has 0 saturated carbocycles. The zero-order valence-corrected chi connectivity index (χ0v) is 15.2. The molecule has 24 heavy (non-hydrogen) atoms. The number of aromatic nitrogens is 2. The van der Waals surface area contributed by atoms with E-state index < -0.39 is 0 Å². The van der Waals surface area contributed by atoms with Crippen LogP contribution in [-0.2, 0) is 0 Å². The number of hydrogen-bond donors (Lipinski definition) is 1. The van der Waals surface area contributed by atoms with Crippen LogP contribution in [-0.4, -0.2) is 29.2 Å². The largest absolute Gasteiger partial charge is 0.493 e. The summed E-state index contributed by atoms with van der Waals surface area (Å²) in [5.74, 6) is 1.78. The van der Waals surface area contributed by atoms with Gasteiger partial charge in [-0.15, -0.1) is 5.10 Å². The second kappa shape index (κ2) is 8.63. The minimum atomic E-state index is -0.186. The average Bonchev–Trinajstić information content (AvgIpc) is 3.09. The van der Waals surface area contributed by atoms with Gasteiger partial charge in [0.2, 0.25) is 0 Å². The van der Waals surface area contributed by atoms with Gasteiger partial charge in [0.15, 0.2) is 11.5 Å². The number of ether oxygens (including phenoxy) is 2. The molecule has 0 fully saturated rings. The Hall–Kier alpha value is -2.15. The van der Waals surface area contributed by atoms with Gasteiger partial charge in [0, 0.05) is 0 Å². The lowest BCUT2D eigenvalue weighted by molar-refractivity contribution is 0.0943. The molecule has 1 amide bonds. The van der Waals surface area contributed by atoms with E-state index in [2.05, 4.69) is 28.8 Å². The zero-order chi connectivity index (χ0) is 17.5. The van der Waals surface area contributed by atoms with E-state index in [9.17, 15) is 4.79 Å². The first kappa shape index (κ1) is 18.2. The lowest BCUT2D eigenvalue weighted by atomic mass is 10.1. The molecule has 7 heteroatoms. The van der Waals surface area contributed by atoms with Gasteiger partial charge in [-0.25, -0.2) is 0 Å². The lowest BCUT2D eigenvalue weighted by Gasteiger charge is -2.17. The van der Waals surface area contributed by atoms with Crippen molar-refractivity contribution in [2.24, 2.45) is 5.92 Å². The number of methoxy groups -OCH3 is 1. The molecule has 0 aliphatic heterocycles. The summed E-state index contributed by atoms with van der Waals surface area (Å²) in [6.45, 7) is 6.89. The fraction of sp³-hybridized carbons (Fsp3) is 0.471. The quantitative estimate of drug-likeness (QED) is 0.790. The van der Waals surface area contributed by atoms with Crippen molar-refractivity contribution in [3.05, 3.63) is 34.8 Å². The van der Waals surface area contributed by atoms with E-state index >= 15 is 0 Å². The Bertz CT molecular complexity index is 659. The Morgan fingerprint density at radius 3 is 2.71 bits per heavy atom. The van der Waals surface area contributed by atoms with Gasteiger partial charge in [0.25, 0.3) is 5.91 Å². The molecule has 0 bridgehead atoms. The van der Waals surface area contributed by atoms with E-state index in [0.29, 0.717) is 28.9 Å². The first-order valence-electron chi connectivity index (χ1n) is 7.90. The smallest absolute Gasteiger partial charge is 0.265 e. The topological polar surface area (TPSA) is 73.3 Å². The summed E-state index contributed by atoms with van der Waals surface area (Å²) in [5, 5.41) is 6.60. The number of carbonyl (C=O) groups is 1. The molecule has 0 radical (unpaired) electrons. The molecule has 0 aliphatic carbocycles. The molecule has 1 N–H and O–H groups in total. The number of benzene rings is 1. The maximum Gasteiger partial charge on any atom is 0.265 e. The van der Waals surface area contributed by atoms with Gasteiger partial charge in [-0.05, 0) is 48.5 Å². The van der Waals surface area contributed by atoms with Gasteiger partial charge in [-0.3, -0.25) is 4.79 Å². The normalized spacial score (nSPS) is 12.0. The van der Waals surface area contributed by atoms with E-state index in [-0.39, 0.29) is 11.9 Å². The van der Waals surface area contributed by atoms with Crippen LogP contribution in [0.15, 0.2) is 24.4 Å². The number of rotatable bonds is 8. The number of nitrogens with one attached hydrogen (secondary N) is 1. The fourth-order valence-electron chi connectivity index (χ4n) is 2.10. The Labute approximate surface area is 146 Å². The second-order valence-electron chi connectivity index (χ2n) is 5.92. The van der Waals surface area contributed by atoms with Crippen molar-refractivity contribution < 1.29 is 14.3 Å². The molecular formula is C17H23N3O3S. The molecule has 1 aromatic carbocycles. The molecule has 0 aliphatic rings. The van der Waals surface area contributed by atoms with E-state index in [4.69, 9.17) is 9.47 Å². The standard InChI is InChI=1S/C17H23N3O3S/c1-11(2)7-8-23-14-6-5-13(9-15(14)22-4)12(3)19-17(21)16-10-18-20-24-16/h5-6,9-12H,7-8H2,1-4H3,(H,19,21)/t12-/m1/s1. The van der Waals surface area contributed by atoms with Crippen molar-refractivity contribution in [3.8, 4) is 11.5 Å². The number of hydrogen-bond acceptors (Lipinski definition) is 6. The summed E-state index contributed by atoms with van der Waals surface area (Å²) >= 11 is 1.07. The highest BCUT2D eigenvalue weighted by atomic mass is 32.1. The molecule has 2 rings (SSSR count). The zero-order valence-electron chi connectivity index (χ0n) is 14.4. The van der Waals surface area contributed by atoms with E-state index in [1.807, 2.05) is 25.1 Å². The molecule has 1 atom stereocenters. The highest BCUT2D eigenvalue weighted by molar-refractivity contribution is 7.07. The minimum Gasteiger partial charge on any atom is -0.493 e. The highest BCUT2D eigenvalue weighted by Gasteiger charge is 2.15. The van der Waals surface area contributed by atoms with Crippen LogP contribution in [0.1, 0.15) is 48.5 Å². The molecule has 0 spiro atoms. The van der Waals surface area contributed by atoms with E-state index in [0.717, 1.165) is 23.5 Å². The molecule has 0 unspecified atom stereocenters. The van der Waals surface area contributed by atoms with Gasteiger partial charge >= 0.3 is 0 Å². The van der Waals surface area contributed by atoms with E-state index in [1.165, 1.54) is 6.20 Å². The summed E-state index contributed by atoms with van der Waals surface area (Å²) in [6, 6.07) is 5.54. The Morgan fingerprint density at radius 2 is 2.08 bits per heavy atom. The van der Waals surface area contributed by atoms with E-state index in [1.54, 1.807) is 7.11 Å². The first-order valence-corrected chi connectivity index (χ1v) is 8.67. The number of nitrogens with zero attached hydrogens (tertiary/aromatic N) is 2. The maximum absolute atomic E-state index is 12.1. The van der Waals surface area contributed by atoms with Crippen molar-refractivity contribution in [3.63, 3.8) is 0 Å². The SMILES string of the molecule is COc1cc([C@@H](C)NC(=O)c2cnns2)ccc1OCCC(C)C. The number of amides is 1. The van der Waals surface area contributed by atoms with Crippen molar-refractivity contribution in [1.82, 2.24) is 14.9 Å². The fourth-order valence-corrected chi connectivity index (χ4v) is 2.51. The van der Waals surface area contributed by atoms with Gasteiger partial charge < -0.3 is 14.8 Å². The Morgan fingerprint density at radius 1 is 1.29 bits per heavy atom. The van der Waals surface area contributed by atoms with Gasteiger partial charge in [0.05, 0.1) is 26.0 Å². The van der Waals surface area contributed by atoms with Crippen molar-refractivity contribution in [1.29, 1.82) is 0 Å². The van der Waals surface area contributed by atoms with Crippen molar-refractivity contribution in [2.45, 2.75) is 33.2 Å². The predicted octanol–water partition coefficient (Wildman–Crippen LogP) is 3.46. The van der Waals surface area contributed by atoms with Crippen LogP contribution in [0.2, 0.25) is 0 Å². The molecule has 2 aromatic rings. The summed E-state index contributed by atoms with van der Waals surface area (Å²) in [4.78, 5) is 12.6. The third-order valence-corrected chi connectivity index (χ3v) is 4.24. The monoisotopic (exact) mass is 349 g/mol. The summed E-state index contributed by atoms with van der Waals surface area (Å²) in [7, 11) is 1.61. The van der Waals surface area contributed by atoms with Crippen molar-refractivity contribution in [2.75, 3.05) is 13.7 Å². The Kier molecular flexibility index (Phi) is 6.54. The average molecular weight is 349 g/mol. The Balaban J connectivity index is 2.03. The van der Waals surface area contributed by atoms with Crippen LogP contribution < -0.4 is 14.8 Å². The molecule has 6 nitrogen and oxygen atoms in total. The van der Waals surface area contributed by atoms with Crippen LogP contribution >= 0.6 is 11.5 Å². The van der Waals surface area contributed by atoms with Crippen LogP contribution in [0.25, 0.3) is 0 Å². The van der Waals surface area contributed by atoms with Crippen LogP contribution in [0.3, 0.4) is 0 Å². The van der Waals surface area contributed by atoms with Crippen LogP contribution in [0.4, 0.5) is 0 Å².